The van der Waals surface area contributed by atoms with Gasteiger partial charge in [-0.1, -0.05) is 20.8 Å². The number of nitrogens with zero attached hydrogens (tertiary/aromatic N) is 1. The van der Waals surface area contributed by atoms with Gasteiger partial charge in [-0.3, -0.25) is 0 Å². The van der Waals surface area contributed by atoms with E-state index in [1.165, 1.54) is 0 Å². The summed E-state index contributed by atoms with van der Waals surface area (Å²) in [6.45, 7) is 13.2. The van der Waals surface area contributed by atoms with Crippen molar-refractivity contribution in [2.24, 2.45) is 11.1 Å². The predicted octanol–water partition coefficient (Wildman–Crippen LogP) is 2.09. The van der Waals surface area contributed by atoms with E-state index in [9.17, 15) is 0 Å². The van der Waals surface area contributed by atoms with Crippen LogP contribution in [0.2, 0.25) is 0 Å². The Labute approximate surface area is 83.5 Å². The molecule has 0 radical (unpaired) electrons. The minimum Gasteiger partial charge on any atom is -0.330 e. The second-order valence-corrected chi connectivity index (χ2v) is 5.77. The fourth-order valence-electron chi connectivity index (χ4n) is 1.47. The Kier molecular flexibility index (Phi) is 4.40. The zero-order valence-electron chi connectivity index (χ0n) is 10.1. The van der Waals surface area contributed by atoms with Crippen LogP contribution in [0.15, 0.2) is 0 Å². The molecule has 2 N–H and O–H groups in total. The van der Waals surface area contributed by atoms with Gasteiger partial charge < -0.3 is 10.6 Å². The van der Waals surface area contributed by atoms with Gasteiger partial charge in [-0.15, -0.1) is 0 Å². The summed E-state index contributed by atoms with van der Waals surface area (Å²) in [7, 11) is 2.18. The van der Waals surface area contributed by atoms with Gasteiger partial charge in [0.25, 0.3) is 0 Å². The first-order valence-electron chi connectivity index (χ1n) is 5.10. The van der Waals surface area contributed by atoms with Crippen molar-refractivity contribution in [3.63, 3.8) is 0 Å². The molecule has 0 unspecified atom stereocenters. The molecular weight excluding hydrogens is 160 g/mol. The summed E-state index contributed by atoms with van der Waals surface area (Å²) >= 11 is 0. The smallest absolute Gasteiger partial charge is 0.0162 e. The van der Waals surface area contributed by atoms with Gasteiger partial charge in [-0.05, 0) is 39.3 Å². The maximum atomic E-state index is 5.59. The van der Waals surface area contributed by atoms with Crippen molar-refractivity contribution in [3.8, 4) is 0 Å². The van der Waals surface area contributed by atoms with Crippen molar-refractivity contribution >= 4 is 0 Å². The van der Waals surface area contributed by atoms with Gasteiger partial charge in [0.15, 0.2) is 0 Å². The molecule has 0 saturated heterocycles. The Balaban J connectivity index is 4.16. The monoisotopic (exact) mass is 186 g/mol. The lowest BCUT2D eigenvalue weighted by molar-refractivity contribution is 0.103. The number of rotatable bonds is 4. The Morgan fingerprint density at radius 2 is 1.54 bits per heavy atom. The van der Waals surface area contributed by atoms with Gasteiger partial charge in [0.05, 0.1) is 0 Å². The SMILES string of the molecule is CN(CC(C)(C)C)C(C)(C)CCN. The summed E-state index contributed by atoms with van der Waals surface area (Å²) in [6, 6.07) is 0. The van der Waals surface area contributed by atoms with Gasteiger partial charge in [-0.25, -0.2) is 0 Å². The molecule has 0 aliphatic carbocycles. The first-order chi connectivity index (χ1) is 5.69. The Hall–Kier alpha value is -0.0800. The highest BCUT2D eigenvalue weighted by Crippen LogP contribution is 2.22. The van der Waals surface area contributed by atoms with Crippen LogP contribution in [0.4, 0.5) is 0 Å². The molecule has 0 aromatic rings. The summed E-state index contributed by atoms with van der Waals surface area (Å²) < 4.78 is 0. The van der Waals surface area contributed by atoms with E-state index in [1.54, 1.807) is 0 Å². The van der Waals surface area contributed by atoms with Crippen LogP contribution in [0.3, 0.4) is 0 Å². The minimum absolute atomic E-state index is 0.224. The molecule has 0 heterocycles. The standard InChI is InChI=1S/C11H26N2/c1-10(2,3)9-13(6)11(4,5)7-8-12/h7-9,12H2,1-6H3. The van der Waals surface area contributed by atoms with E-state index in [-0.39, 0.29) is 5.54 Å². The normalized spacial score (nSPS) is 13.8. The Morgan fingerprint density at radius 3 is 1.85 bits per heavy atom. The molecule has 13 heavy (non-hydrogen) atoms. The zero-order valence-corrected chi connectivity index (χ0v) is 10.1. The van der Waals surface area contributed by atoms with E-state index in [4.69, 9.17) is 5.73 Å². The van der Waals surface area contributed by atoms with Crippen LogP contribution < -0.4 is 5.73 Å². The topological polar surface area (TPSA) is 29.3 Å². The fourth-order valence-corrected chi connectivity index (χ4v) is 1.47. The summed E-state index contributed by atoms with van der Waals surface area (Å²) in [5, 5.41) is 0. The number of hydrogen-bond donors (Lipinski definition) is 1. The molecule has 0 aromatic carbocycles. The third-order valence-electron chi connectivity index (χ3n) is 2.50. The van der Waals surface area contributed by atoms with Gasteiger partial charge in [-0.2, -0.15) is 0 Å². The van der Waals surface area contributed by atoms with Crippen molar-refractivity contribution in [2.45, 2.75) is 46.6 Å². The van der Waals surface area contributed by atoms with Crippen molar-refractivity contribution in [2.75, 3.05) is 20.1 Å². The fraction of sp³-hybridized carbons (Fsp3) is 1.00. The average Bonchev–Trinajstić information content (AvgIpc) is 1.82. The highest BCUT2D eigenvalue weighted by molar-refractivity contribution is 4.82. The van der Waals surface area contributed by atoms with Crippen molar-refractivity contribution in [1.29, 1.82) is 0 Å². The van der Waals surface area contributed by atoms with E-state index < -0.39 is 0 Å². The van der Waals surface area contributed by atoms with E-state index >= 15 is 0 Å². The van der Waals surface area contributed by atoms with E-state index in [2.05, 4.69) is 46.6 Å². The van der Waals surface area contributed by atoms with E-state index in [1.807, 2.05) is 0 Å². The van der Waals surface area contributed by atoms with Crippen LogP contribution in [-0.4, -0.2) is 30.6 Å². The molecule has 0 amide bonds. The summed E-state index contributed by atoms with van der Waals surface area (Å²) in [5.74, 6) is 0. The summed E-state index contributed by atoms with van der Waals surface area (Å²) in [5.41, 5.74) is 6.18. The maximum absolute atomic E-state index is 5.59. The van der Waals surface area contributed by atoms with Crippen LogP contribution >= 0.6 is 0 Å². The van der Waals surface area contributed by atoms with Crippen LogP contribution in [0.25, 0.3) is 0 Å². The molecule has 2 nitrogen and oxygen atoms in total. The maximum Gasteiger partial charge on any atom is 0.0162 e. The summed E-state index contributed by atoms with van der Waals surface area (Å²) in [4.78, 5) is 2.40. The molecule has 0 aliphatic rings. The molecular formula is C11H26N2. The van der Waals surface area contributed by atoms with E-state index in [0.717, 1.165) is 19.5 Å². The predicted molar refractivity (Wildman–Crippen MR) is 59.8 cm³/mol. The first-order valence-corrected chi connectivity index (χ1v) is 5.10. The third kappa shape index (κ3) is 5.27. The van der Waals surface area contributed by atoms with Crippen molar-refractivity contribution in [3.05, 3.63) is 0 Å². The number of hydrogen-bond acceptors (Lipinski definition) is 2. The molecule has 0 saturated carbocycles. The molecule has 0 atom stereocenters. The van der Waals surface area contributed by atoms with Gasteiger partial charge in [0.2, 0.25) is 0 Å². The van der Waals surface area contributed by atoms with Gasteiger partial charge >= 0.3 is 0 Å². The lowest BCUT2D eigenvalue weighted by Crippen LogP contribution is -2.46. The molecule has 0 aromatic heterocycles. The highest BCUT2D eigenvalue weighted by atomic mass is 15.2. The molecule has 0 rings (SSSR count). The lowest BCUT2D eigenvalue weighted by atomic mass is 9.91. The molecule has 0 bridgehead atoms. The van der Waals surface area contributed by atoms with E-state index in [0.29, 0.717) is 5.41 Å². The minimum atomic E-state index is 0.224. The Morgan fingerprint density at radius 1 is 1.08 bits per heavy atom. The van der Waals surface area contributed by atoms with Gasteiger partial charge in [0, 0.05) is 12.1 Å². The van der Waals surface area contributed by atoms with Crippen molar-refractivity contribution < 1.29 is 0 Å². The highest BCUT2D eigenvalue weighted by Gasteiger charge is 2.25. The van der Waals surface area contributed by atoms with Crippen molar-refractivity contribution in [1.82, 2.24) is 4.90 Å². The molecule has 0 aliphatic heterocycles. The molecule has 0 fully saturated rings. The quantitative estimate of drug-likeness (QED) is 0.728. The first kappa shape index (κ1) is 12.9. The van der Waals surface area contributed by atoms with Crippen LogP contribution in [-0.2, 0) is 0 Å². The van der Waals surface area contributed by atoms with Crippen LogP contribution in [0, 0.1) is 5.41 Å². The second kappa shape index (κ2) is 4.43. The number of nitrogens with two attached hydrogens (primary N) is 1. The van der Waals surface area contributed by atoms with Crippen LogP contribution in [0.5, 0.6) is 0 Å². The average molecular weight is 186 g/mol. The largest absolute Gasteiger partial charge is 0.330 e. The zero-order chi connectivity index (χ0) is 10.7. The second-order valence-electron chi connectivity index (χ2n) is 5.77. The van der Waals surface area contributed by atoms with Gasteiger partial charge in [0.1, 0.15) is 0 Å². The lowest BCUT2D eigenvalue weighted by Gasteiger charge is -2.39. The summed E-state index contributed by atoms with van der Waals surface area (Å²) in [6.07, 6.45) is 1.06. The third-order valence-corrected chi connectivity index (χ3v) is 2.50. The molecule has 80 valence electrons. The molecule has 2 heteroatoms. The van der Waals surface area contributed by atoms with Crippen LogP contribution in [0.1, 0.15) is 41.0 Å². The molecule has 0 spiro atoms. The Bertz CT molecular complexity index is 145.